The molecule has 0 N–H and O–H groups in total. The van der Waals surface area contributed by atoms with Gasteiger partial charge < -0.3 is 4.42 Å². The van der Waals surface area contributed by atoms with Crippen LogP contribution in [0.5, 0.6) is 0 Å². The molecule has 16 aromatic carbocycles. The molecule has 0 aliphatic heterocycles. The summed E-state index contributed by atoms with van der Waals surface area (Å²) in [5.41, 5.74) is 29.7. The Hall–Kier alpha value is -15.3. The maximum Gasteiger partial charge on any atom is 0.160 e. The van der Waals surface area contributed by atoms with Crippen LogP contribution in [-0.4, -0.2) is 47.4 Å². The van der Waals surface area contributed by atoms with E-state index in [2.05, 4.69) is 321 Å². The molecule has 0 unspecified atom stereocenters. The Morgan fingerprint density at radius 1 is 0.217 bits per heavy atom. The van der Waals surface area contributed by atoms with Crippen LogP contribution in [-0.2, 0) is 0 Å². The lowest BCUT2D eigenvalue weighted by molar-refractivity contribution is 0.670. The number of fused-ring (bicyclic) bond motifs is 16. The summed E-state index contributed by atoms with van der Waals surface area (Å²) in [6.45, 7) is 0. The first-order chi connectivity index (χ1) is 59.4. The Morgan fingerprint density at radius 3 is 1.14 bits per heavy atom. The van der Waals surface area contributed by atoms with Crippen molar-refractivity contribution in [3.63, 3.8) is 0 Å². The molecule has 120 heavy (non-hydrogen) atoms. The van der Waals surface area contributed by atoms with E-state index in [0.29, 0.717) is 11.6 Å². The van der Waals surface area contributed by atoms with Crippen LogP contribution in [0.15, 0.2) is 381 Å². The van der Waals surface area contributed by atoms with Gasteiger partial charge in [-0.25, -0.2) is 29.9 Å². The molecule has 0 aliphatic rings. The Balaban J connectivity index is 0.000000140. The van der Waals surface area contributed by atoms with Gasteiger partial charge in [-0.1, -0.05) is 303 Å². The van der Waals surface area contributed by atoms with Crippen LogP contribution in [0.25, 0.3) is 242 Å². The average molecular weight is 1590 g/mol. The first-order valence-electron chi connectivity index (χ1n) is 39.6. The highest BCUT2D eigenvalue weighted by molar-refractivity contribution is 7.26. The normalized spacial score (nSPS) is 11.7. The summed E-state index contributed by atoms with van der Waals surface area (Å²) in [6, 6.07) is 131. The van der Waals surface area contributed by atoms with E-state index in [1.807, 2.05) is 84.1 Å². The van der Waals surface area contributed by atoms with Crippen LogP contribution in [0, 0.1) is 0 Å². The van der Waals surface area contributed by atoms with E-state index in [9.17, 15) is 0 Å². The van der Waals surface area contributed by atoms with Crippen molar-refractivity contribution in [3.8, 4) is 135 Å². The first kappa shape index (κ1) is 70.1. The Labute approximate surface area is 699 Å². The molecule has 0 radical (unpaired) electrons. The number of thiophene rings is 1. The van der Waals surface area contributed by atoms with Crippen molar-refractivity contribution in [2.75, 3.05) is 0 Å². The standard InChI is InChI=1S/C53H31N5OS.C53H31N5S2/c2*1-2-10-36(11-3-1)53-55-46(34-24-22-33(23-25-34)39-16-9-17-41-40-14-5-7-19-48(40)59-52(39)41)31-47(56-53)38-13-8-12-37(30-38)32-20-26-35(27-21-32)50-43-28-29-45-51(58-60-57-45)49(43)42-15-4-6-18-44(42)54-50/h2*1-31H. The zero-order valence-corrected chi connectivity index (χ0v) is 66.4. The lowest BCUT2D eigenvalue weighted by Gasteiger charge is -2.12. The minimum Gasteiger partial charge on any atom is -0.455 e. The van der Waals surface area contributed by atoms with Crippen LogP contribution < -0.4 is 0 Å². The van der Waals surface area contributed by atoms with Gasteiger partial charge in [0.1, 0.15) is 33.2 Å². The van der Waals surface area contributed by atoms with Crippen molar-refractivity contribution in [1.82, 2.24) is 47.4 Å². The Morgan fingerprint density at radius 2 is 0.608 bits per heavy atom. The molecule has 14 heteroatoms. The van der Waals surface area contributed by atoms with Gasteiger partial charge in [-0.15, -0.1) is 11.3 Å². The average Bonchev–Trinajstić information content (AvgIpc) is 0.832. The molecule has 0 bridgehead atoms. The molecule has 0 spiro atoms. The molecule has 24 rings (SSSR count). The van der Waals surface area contributed by atoms with Crippen molar-refractivity contribution < 1.29 is 4.42 Å². The Kier molecular flexibility index (Phi) is 17.2. The number of benzene rings is 16. The van der Waals surface area contributed by atoms with Gasteiger partial charge in [0.05, 0.1) is 68.7 Å². The predicted molar refractivity (Wildman–Crippen MR) is 497 cm³/mol. The van der Waals surface area contributed by atoms with Crippen LogP contribution >= 0.6 is 34.8 Å². The van der Waals surface area contributed by atoms with E-state index in [4.69, 9.17) is 34.3 Å². The smallest absolute Gasteiger partial charge is 0.160 e. The predicted octanol–water partition coefficient (Wildman–Crippen LogP) is 28.6. The van der Waals surface area contributed by atoms with Gasteiger partial charge in [0.25, 0.3) is 0 Å². The molecular weight excluding hydrogens is 1530 g/mol. The highest BCUT2D eigenvalue weighted by Crippen LogP contribution is 2.45. The van der Waals surface area contributed by atoms with E-state index < -0.39 is 0 Å². The quantitative estimate of drug-likeness (QED) is 0.108. The molecule has 8 heterocycles. The first-order valence-corrected chi connectivity index (χ1v) is 41.9. The molecule has 560 valence electrons. The third-order valence-corrected chi connectivity index (χ3v) is 25.1. The van der Waals surface area contributed by atoms with E-state index in [-0.39, 0.29) is 0 Å². The number of furan rings is 1. The van der Waals surface area contributed by atoms with Gasteiger partial charge >= 0.3 is 0 Å². The summed E-state index contributed by atoms with van der Waals surface area (Å²) in [7, 11) is 0. The van der Waals surface area contributed by atoms with Crippen molar-refractivity contribution in [2.45, 2.75) is 0 Å². The zero-order valence-electron chi connectivity index (χ0n) is 63.9. The van der Waals surface area contributed by atoms with E-state index in [0.717, 1.165) is 199 Å². The third kappa shape index (κ3) is 12.6. The monoisotopic (exact) mass is 1590 g/mol. The topological polar surface area (TPSA) is 142 Å². The van der Waals surface area contributed by atoms with Gasteiger partial charge in [0, 0.05) is 113 Å². The second-order valence-corrected chi connectivity index (χ2v) is 32.0. The molecular formula is C106H62N10OS3. The van der Waals surface area contributed by atoms with Gasteiger partial charge in [-0.05, 0) is 112 Å². The number of pyridine rings is 2. The van der Waals surface area contributed by atoms with Crippen LogP contribution in [0.2, 0.25) is 0 Å². The fourth-order valence-electron chi connectivity index (χ4n) is 16.9. The number of hydrogen-bond acceptors (Lipinski definition) is 14. The van der Waals surface area contributed by atoms with Crippen molar-refractivity contribution in [2.24, 2.45) is 0 Å². The summed E-state index contributed by atoms with van der Waals surface area (Å²) < 4.78 is 27.4. The molecule has 0 fully saturated rings. The maximum absolute atomic E-state index is 6.36. The minimum absolute atomic E-state index is 0.676. The van der Waals surface area contributed by atoms with Crippen molar-refractivity contribution in [3.05, 3.63) is 376 Å². The molecule has 24 aromatic rings. The van der Waals surface area contributed by atoms with E-state index in [1.54, 1.807) is 0 Å². The number of para-hydroxylation sites is 4. The summed E-state index contributed by atoms with van der Waals surface area (Å²) in [6.07, 6.45) is 0. The Bertz CT molecular complexity index is 7670. The summed E-state index contributed by atoms with van der Waals surface area (Å²) in [5.74, 6) is 1.37. The highest BCUT2D eigenvalue weighted by Gasteiger charge is 2.22. The van der Waals surface area contributed by atoms with E-state index >= 15 is 0 Å². The summed E-state index contributed by atoms with van der Waals surface area (Å²) >= 11 is 4.35. The van der Waals surface area contributed by atoms with Gasteiger partial charge in [0.2, 0.25) is 0 Å². The molecule has 0 amide bonds. The fourth-order valence-corrected chi connectivity index (χ4v) is 19.2. The second kappa shape index (κ2) is 29.4. The maximum atomic E-state index is 6.36. The summed E-state index contributed by atoms with van der Waals surface area (Å²) in [5, 5.41) is 11.3. The lowest BCUT2D eigenvalue weighted by Crippen LogP contribution is -1.96. The zero-order chi connectivity index (χ0) is 79.1. The molecule has 0 saturated carbocycles. The van der Waals surface area contributed by atoms with Crippen molar-refractivity contribution in [1.29, 1.82) is 0 Å². The highest BCUT2D eigenvalue weighted by atomic mass is 32.1. The number of aromatic nitrogens is 10. The largest absolute Gasteiger partial charge is 0.455 e. The third-order valence-electron chi connectivity index (χ3n) is 22.8. The summed E-state index contributed by atoms with van der Waals surface area (Å²) in [4.78, 5) is 30.9. The number of hydrogen-bond donors (Lipinski definition) is 0. The molecule has 0 atom stereocenters. The number of rotatable bonds is 12. The molecule has 11 nitrogen and oxygen atoms in total. The molecule has 8 aromatic heterocycles. The number of nitrogens with zero attached hydrogens (tertiary/aromatic N) is 10. The van der Waals surface area contributed by atoms with Gasteiger partial charge in [0.15, 0.2) is 11.6 Å². The van der Waals surface area contributed by atoms with Crippen LogP contribution in [0.4, 0.5) is 0 Å². The van der Waals surface area contributed by atoms with Crippen molar-refractivity contribution >= 4 is 142 Å². The van der Waals surface area contributed by atoms with Crippen LogP contribution in [0.3, 0.4) is 0 Å². The second-order valence-electron chi connectivity index (χ2n) is 29.9. The minimum atomic E-state index is 0.676. The van der Waals surface area contributed by atoms with Gasteiger partial charge in [-0.3, -0.25) is 0 Å². The fraction of sp³-hybridized carbons (Fsp3) is 0. The molecule has 0 aliphatic carbocycles. The van der Waals surface area contributed by atoms with Gasteiger partial charge in [-0.2, -0.15) is 17.5 Å². The lowest BCUT2D eigenvalue weighted by atomic mass is 9.96. The van der Waals surface area contributed by atoms with E-state index in [1.165, 1.54) is 54.8 Å². The molecule has 0 saturated heterocycles. The SMILES string of the molecule is c1ccc(-c2nc(-c3ccc(-c4cccc5c4oc4ccccc45)cc3)cc(-c3cccc(-c4ccc(-c5nc6ccccc6c6c5ccc5nsnc56)cc4)c3)n2)cc1.c1ccc(-c2nc(-c3ccc(-c4cccc5c4sc4ccccc45)cc3)cc(-c3cccc(-c4ccc(-c5nc6ccccc6c6c5ccc5nsnc56)cc4)c3)n2)cc1. The van der Waals surface area contributed by atoms with Crippen LogP contribution in [0.1, 0.15) is 0 Å².